The van der Waals surface area contributed by atoms with E-state index in [1.54, 1.807) is 23.1 Å². The minimum absolute atomic E-state index is 0.104. The summed E-state index contributed by atoms with van der Waals surface area (Å²) >= 11 is 0. The molecule has 3 N–H and O–H groups in total. The van der Waals surface area contributed by atoms with E-state index in [0.717, 1.165) is 12.0 Å². The molecule has 1 aromatic carbocycles. The maximum Gasteiger partial charge on any atom is 0.317 e. The van der Waals surface area contributed by atoms with Crippen molar-refractivity contribution >= 4 is 17.9 Å². The molecule has 0 aromatic heterocycles. The minimum atomic E-state index is -0.859. The van der Waals surface area contributed by atoms with Gasteiger partial charge in [-0.2, -0.15) is 0 Å². The lowest BCUT2D eigenvalue weighted by molar-refractivity contribution is -0.143. The molecule has 2 unspecified atom stereocenters. The van der Waals surface area contributed by atoms with Gasteiger partial charge in [0, 0.05) is 31.2 Å². The molecule has 1 saturated heterocycles. The van der Waals surface area contributed by atoms with Gasteiger partial charge in [0.1, 0.15) is 0 Å². The highest BCUT2D eigenvalue weighted by atomic mass is 16.4. The molecule has 26 heavy (non-hydrogen) atoms. The molecule has 142 valence electrons. The van der Waals surface area contributed by atoms with Crippen molar-refractivity contribution in [3.05, 3.63) is 35.4 Å². The standard InChI is InChI=1S/C19H27N3O4/c1-3-13(2)21-17(23)15-7-4-6-14(10-15)11-20-19(26)22-9-5-8-16(12-22)18(24)25/h4,6-7,10,13,16H,3,5,8-9,11-12H2,1-2H3,(H,20,26)(H,21,23)(H,24,25). The zero-order valence-electron chi connectivity index (χ0n) is 15.3. The molecule has 2 atom stereocenters. The maximum absolute atomic E-state index is 12.3. The largest absolute Gasteiger partial charge is 0.481 e. The first-order valence-electron chi connectivity index (χ1n) is 9.06. The van der Waals surface area contributed by atoms with Gasteiger partial charge in [-0.05, 0) is 43.9 Å². The molecule has 1 aliphatic heterocycles. The lowest BCUT2D eigenvalue weighted by Gasteiger charge is -2.30. The zero-order chi connectivity index (χ0) is 19.1. The van der Waals surface area contributed by atoms with Crippen LogP contribution in [0.4, 0.5) is 4.79 Å². The van der Waals surface area contributed by atoms with Crippen molar-refractivity contribution in [2.24, 2.45) is 5.92 Å². The van der Waals surface area contributed by atoms with Crippen molar-refractivity contribution in [3.8, 4) is 0 Å². The van der Waals surface area contributed by atoms with Gasteiger partial charge in [-0.3, -0.25) is 9.59 Å². The fourth-order valence-electron chi connectivity index (χ4n) is 2.88. The van der Waals surface area contributed by atoms with E-state index >= 15 is 0 Å². The molecule has 0 aliphatic carbocycles. The van der Waals surface area contributed by atoms with Crippen LogP contribution in [0.2, 0.25) is 0 Å². The Labute approximate surface area is 153 Å². The van der Waals surface area contributed by atoms with Crippen molar-refractivity contribution in [1.29, 1.82) is 0 Å². The fraction of sp³-hybridized carbons (Fsp3) is 0.526. The summed E-state index contributed by atoms with van der Waals surface area (Å²) < 4.78 is 0. The third kappa shape index (κ3) is 5.47. The number of rotatable bonds is 6. The first kappa shape index (κ1) is 19.8. The van der Waals surface area contributed by atoms with Crippen LogP contribution in [-0.2, 0) is 11.3 Å². The van der Waals surface area contributed by atoms with Gasteiger partial charge in [-0.1, -0.05) is 19.1 Å². The minimum Gasteiger partial charge on any atom is -0.481 e. The number of benzene rings is 1. The Balaban J connectivity index is 1.91. The van der Waals surface area contributed by atoms with E-state index in [0.29, 0.717) is 24.9 Å². The number of nitrogens with zero attached hydrogens (tertiary/aromatic N) is 1. The van der Waals surface area contributed by atoms with Crippen LogP contribution < -0.4 is 10.6 Å². The topological polar surface area (TPSA) is 98.7 Å². The van der Waals surface area contributed by atoms with Gasteiger partial charge in [0.25, 0.3) is 5.91 Å². The normalized spacial score (nSPS) is 18.1. The van der Waals surface area contributed by atoms with Crippen LogP contribution >= 0.6 is 0 Å². The maximum atomic E-state index is 12.3. The lowest BCUT2D eigenvalue weighted by atomic mass is 9.99. The number of nitrogens with one attached hydrogen (secondary N) is 2. The predicted molar refractivity (Wildman–Crippen MR) is 97.8 cm³/mol. The summed E-state index contributed by atoms with van der Waals surface area (Å²) in [4.78, 5) is 37.1. The quantitative estimate of drug-likeness (QED) is 0.723. The molecule has 2 rings (SSSR count). The molecular weight excluding hydrogens is 334 g/mol. The molecule has 1 aromatic rings. The van der Waals surface area contributed by atoms with Gasteiger partial charge in [-0.25, -0.2) is 4.79 Å². The number of carbonyl (C=O) groups excluding carboxylic acids is 2. The van der Waals surface area contributed by atoms with E-state index in [1.165, 1.54) is 0 Å². The molecule has 0 radical (unpaired) electrons. The van der Waals surface area contributed by atoms with Gasteiger partial charge in [0.05, 0.1) is 5.92 Å². The van der Waals surface area contributed by atoms with Gasteiger partial charge in [0.2, 0.25) is 0 Å². The number of piperidine rings is 1. The molecule has 1 fully saturated rings. The van der Waals surface area contributed by atoms with Crippen LogP contribution in [0.25, 0.3) is 0 Å². The molecule has 0 spiro atoms. The zero-order valence-corrected chi connectivity index (χ0v) is 15.3. The molecule has 0 bridgehead atoms. The fourth-order valence-corrected chi connectivity index (χ4v) is 2.88. The lowest BCUT2D eigenvalue weighted by Crippen LogP contribution is -2.46. The SMILES string of the molecule is CCC(C)NC(=O)c1cccc(CNC(=O)N2CCCC(C(=O)O)C2)c1. The number of urea groups is 1. The van der Waals surface area contributed by atoms with Crippen LogP contribution in [0.3, 0.4) is 0 Å². The number of hydrogen-bond acceptors (Lipinski definition) is 3. The van der Waals surface area contributed by atoms with E-state index in [1.807, 2.05) is 19.9 Å². The number of carbonyl (C=O) groups is 3. The Bertz CT molecular complexity index is 662. The van der Waals surface area contributed by atoms with Crippen molar-refractivity contribution < 1.29 is 19.5 Å². The second-order valence-corrected chi connectivity index (χ2v) is 6.77. The first-order chi connectivity index (χ1) is 12.4. The second-order valence-electron chi connectivity index (χ2n) is 6.77. The molecule has 1 heterocycles. The monoisotopic (exact) mass is 361 g/mol. The first-order valence-corrected chi connectivity index (χ1v) is 9.06. The molecular formula is C19H27N3O4. The van der Waals surface area contributed by atoms with Crippen molar-refractivity contribution in [2.45, 2.75) is 45.7 Å². The van der Waals surface area contributed by atoms with Crippen molar-refractivity contribution in [3.63, 3.8) is 0 Å². The van der Waals surface area contributed by atoms with Crippen molar-refractivity contribution in [1.82, 2.24) is 15.5 Å². The van der Waals surface area contributed by atoms with Crippen LogP contribution in [-0.4, -0.2) is 47.0 Å². The number of aliphatic carboxylic acids is 1. The van der Waals surface area contributed by atoms with Gasteiger partial charge in [0.15, 0.2) is 0 Å². The summed E-state index contributed by atoms with van der Waals surface area (Å²) in [7, 11) is 0. The summed E-state index contributed by atoms with van der Waals surface area (Å²) in [5.41, 5.74) is 1.38. The van der Waals surface area contributed by atoms with E-state index < -0.39 is 11.9 Å². The molecule has 7 nitrogen and oxygen atoms in total. The molecule has 0 saturated carbocycles. The number of likely N-dealkylation sites (tertiary alicyclic amines) is 1. The van der Waals surface area contributed by atoms with E-state index in [-0.39, 0.29) is 31.1 Å². The Hall–Kier alpha value is -2.57. The predicted octanol–water partition coefficient (Wildman–Crippen LogP) is 2.22. The number of carboxylic acid groups (broad SMARTS) is 1. The van der Waals surface area contributed by atoms with Gasteiger partial charge >= 0.3 is 12.0 Å². The highest BCUT2D eigenvalue weighted by Crippen LogP contribution is 2.16. The Morgan fingerprint density at radius 2 is 2.12 bits per heavy atom. The number of carboxylic acids is 1. The molecule has 1 aliphatic rings. The summed E-state index contributed by atoms with van der Waals surface area (Å²) in [5, 5.41) is 14.8. The Morgan fingerprint density at radius 1 is 1.35 bits per heavy atom. The van der Waals surface area contributed by atoms with Crippen molar-refractivity contribution in [2.75, 3.05) is 13.1 Å². The van der Waals surface area contributed by atoms with Crippen LogP contribution in [0.15, 0.2) is 24.3 Å². The Kier molecular flexibility index (Phi) is 7.00. The average Bonchev–Trinajstić information content (AvgIpc) is 2.66. The number of amides is 3. The summed E-state index contributed by atoms with van der Waals surface area (Å²) in [5.74, 6) is -1.49. The van der Waals surface area contributed by atoms with E-state index in [9.17, 15) is 14.4 Å². The van der Waals surface area contributed by atoms with E-state index in [4.69, 9.17) is 5.11 Å². The highest BCUT2D eigenvalue weighted by Gasteiger charge is 2.27. The average molecular weight is 361 g/mol. The smallest absolute Gasteiger partial charge is 0.317 e. The Morgan fingerprint density at radius 3 is 2.81 bits per heavy atom. The summed E-state index contributed by atoms with van der Waals surface area (Å²) in [6, 6.07) is 6.96. The second kappa shape index (κ2) is 9.22. The third-order valence-electron chi connectivity index (χ3n) is 4.68. The molecule has 3 amide bonds. The van der Waals surface area contributed by atoms with Gasteiger partial charge in [-0.15, -0.1) is 0 Å². The summed E-state index contributed by atoms with van der Waals surface area (Å²) in [6.07, 6.45) is 2.15. The van der Waals surface area contributed by atoms with Crippen LogP contribution in [0.1, 0.15) is 49.0 Å². The highest BCUT2D eigenvalue weighted by molar-refractivity contribution is 5.94. The molecule has 7 heteroatoms. The number of hydrogen-bond donors (Lipinski definition) is 3. The van der Waals surface area contributed by atoms with E-state index in [2.05, 4.69) is 10.6 Å². The summed E-state index contributed by atoms with van der Waals surface area (Å²) in [6.45, 7) is 5.04. The van der Waals surface area contributed by atoms with Crippen LogP contribution in [0, 0.1) is 5.92 Å². The van der Waals surface area contributed by atoms with Gasteiger partial charge < -0.3 is 20.6 Å². The third-order valence-corrected chi connectivity index (χ3v) is 4.68. The van der Waals surface area contributed by atoms with Crippen LogP contribution in [0.5, 0.6) is 0 Å².